The second-order valence-electron chi connectivity index (χ2n) is 11.6. The Kier molecular flexibility index (Phi) is 17.5. The van der Waals surface area contributed by atoms with E-state index in [1.54, 1.807) is 57.2 Å². The zero-order valence-electron chi connectivity index (χ0n) is 28.2. The highest BCUT2D eigenvalue weighted by Crippen LogP contribution is 2.32. The van der Waals surface area contributed by atoms with Crippen molar-refractivity contribution >= 4 is 60.5 Å². The van der Waals surface area contributed by atoms with Crippen molar-refractivity contribution in [3.8, 4) is 0 Å². The van der Waals surface area contributed by atoms with E-state index in [-0.39, 0.29) is 15.1 Å². The highest BCUT2D eigenvalue weighted by atomic mass is 28.4. The predicted molar refractivity (Wildman–Crippen MR) is 187 cm³/mol. The maximum atomic E-state index is 6.02. The second-order valence-corrected chi connectivity index (χ2v) is 26.2. The fourth-order valence-corrected chi connectivity index (χ4v) is 14.4. The topological polar surface area (TPSA) is 61.4 Å². The van der Waals surface area contributed by atoms with Gasteiger partial charge in [0, 0.05) is 63.8 Å². The summed E-state index contributed by atoms with van der Waals surface area (Å²) >= 11 is 0. The van der Waals surface area contributed by atoms with Gasteiger partial charge in [0.05, 0.1) is 23.1 Å². The van der Waals surface area contributed by atoms with E-state index in [0.29, 0.717) is 0 Å². The Labute approximate surface area is 254 Å². The lowest BCUT2D eigenvalue weighted by atomic mass is 10.0. The van der Waals surface area contributed by atoms with Gasteiger partial charge in [0.15, 0.2) is 0 Å². The molecule has 0 aliphatic heterocycles. The number of nitrogens with zero attached hydrogens (tertiary/aromatic N) is 1. The van der Waals surface area contributed by atoms with Gasteiger partial charge in [0.2, 0.25) is 0 Å². The molecule has 0 fully saturated rings. The summed E-state index contributed by atoms with van der Waals surface area (Å²) in [6, 6.07) is 4.94. The van der Waals surface area contributed by atoms with E-state index < -0.39 is 35.0 Å². The first-order valence-electron chi connectivity index (χ1n) is 15.4. The average Bonchev–Trinajstić information content (AvgIpc) is 2.95. The van der Waals surface area contributed by atoms with Gasteiger partial charge in [-0.1, -0.05) is 50.4 Å². The molecule has 1 aromatic rings. The first-order chi connectivity index (χ1) is 19.0. The number of nitrogens with one attached hydrogen (secondary N) is 1. The standard InChI is InChI=1S/C28H62N2O5Si5/c1-14-30(15-2)27-24(17-19-36-22-29-18-16-20-39(13,31-4)32-5)26(37(9)10)21-25(28(27)38(11)12)23(3)40(33-6,34-7)35-8/h21,23,29,37-38H,14-20,22,36H2,1-13H3. The predicted octanol–water partition coefficient (Wildman–Crippen LogP) is 2.87. The van der Waals surface area contributed by atoms with Crippen LogP contribution in [0.5, 0.6) is 0 Å². The van der Waals surface area contributed by atoms with E-state index >= 15 is 0 Å². The number of rotatable bonds is 21. The monoisotopic (exact) mass is 646 g/mol. The zero-order chi connectivity index (χ0) is 30.5. The highest BCUT2D eigenvalue weighted by molar-refractivity contribution is 6.75. The van der Waals surface area contributed by atoms with Gasteiger partial charge in [-0.25, -0.2) is 0 Å². The van der Waals surface area contributed by atoms with Crippen molar-refractivity contribution in [3.05, 3.63) is 17.2 Å². The third-order valence-corrected chi connectivity index (χ3v) is 19.7. The van der Waals surface area contributed by atoms with Crippen molar-refractivity contribution in [2.45, 2.75) is 84.0 Å². The number of hydrogen-bond donors (Lipinski definition) is 1. The Morgan fingerprint density at radius 3 is 1.95 bits per heavy atom. The fourth-order valence-electron chi connectivity index (χ4n) is 5.88. The molecule has 0 radical (unpaired) electrons. The minimum Gasteiger partial charge on any atom is -0.398 e. The molecular formula is C28H62N2O5Si5. The molecule has 1 aromatic carbocycles. The van der Waals surface area contributed by atoms with Gasteiger partial charge in [-0.3, -0.25) is 0 Å². The molecule has 0 saturated carbocycles. The molecule has 7 nitrogen and oxygen atoms in total. The summed E-state index contributed by atoms with van der Waals surface area (Å²) in [6.07, 6.45) is 3.51. The van der Waals surface area contributed by atoms with Gasteiger partial charge >= 0.3 is 17.4 Å². The van der Waals surface area contributed by atoms with Crippen LogP contribution in [0.25, 0.3) is 0 Å². The molecule has 1 unspecified atom stereocenters. The first kappa shape index (κ1) is 37.9. The fraction of sp³-hybridized carbons (Fsp3) is 0.786. The molecule has 1 N–H and O–H groups in total. The molecule has 0 aromatic heterocycles. The van der Waals surface area contributed by atoms with Crippen LogP contribution in [0.3, 0.4) is 0 Å². The molecule has 1 atom stereocenters. The zero-order valence-corrected chi connectivity index (χ0v) is 33.9. The van der Waals surface area contributed by atoms with E-state index in [2.05, 4.69) is 69.8 Å². The van der Waals surface area contributed by atoms with E-state index in [1.165, 1.54) is 24.2 Å². The summed E-state index contributed by atoms with van der Waals surface area (Å²) < 4.78 is 29.3. The normalized spacial score (nSPS) is 13.8. The summed E-state index contributed by atoms with van der Waals surface area (Å²) in [5.41, 5.74) is 4.70. The first-order valence-corrected chi connectivity index (χ1v) is 27.5. The van der Waals surface area contributed by atoms with Crippen LogP contribution in [0.4, 0.5) is 5.69 Å². The minimum absolute atomic E-state index is 0.0898. The van der Waals surface area contributed by atoms with Crippen molar-refractivity contribution < 1.29 is 22.1 Å². The van der Waals surface area contributed by atoms with Crippen LogP contribution in [0, 0.1) is 0 Å². The van der Waals surface area contributed by atoms with Gasteiger partial charge in [-0.05, 0) is 68.3 Å². The van der Waals surface area contributed by atoms with Gasteiger partial charge in [0.25, 0.3) is 0 Å². The van der Waals surface area contributed by atoms with Crippen LogP contribution in [-0.4, -0.2) is 106 Å². The summed E-state index contributed by atoms with van der Waals surface area (Å²) in [7, 11) is 1.49. The maximum absolute atomic E-state index is 6.02. The molecular weight excluding hydrogens is 585 g/mol. The molecule has 0 aliphatic rings. The lowest BCUT2D eigenvalue weighted by Crippen LogP contribution is -2.52. The van der Waals surface area contributed by atoms with Crippen molar-refractivity contribution in [2.75, 3.05) is 66.3 Å². The van der Waals surface area contributed by atoms with Gasteiger partial charge < -0.3 is 32.3 Å². The SMILES string of the molecule is CCN(CC)c1c(CC[SiH2]CNCCC[Si](C)(OC)OC)c([SiH](C)C)cc(C(C)[Si](OC)(OC)OC)c1[SiH](C)C. The summed E-state index contributed by atoms with van der Waals surface area (Å²) in [4.78, 5) is 2.64. The van der Waals surface area contributed by atoms with E-state index in [0.717, 1.165) is 32.1 Å². The van der Waals surface area contributed by atoms with E-state index in [9.17, 15) is 0 Å². The molecule has 0 saturated heterocycles. The van der Waals surface area contributed by atoms with E-state index in [1.807, 2.05) is 0 Å². The summed E-state index contributed by atoms with van der Waals surface area (Å²) in [5, 5.41) is 6.94. The second kappa shape index (κ2) is 18.5. The van der Waals surface area contributed by atoms with Crippen molar-refractivity contribution in [1.29, 1.82) is 0 Å². The molecule has 0 amide bonds. The summed E-state index contributed by atoms with van der Waals surface area (Å²) in [6.45, 7) is 22.0. The van der Waals surface area contributed by atoms with Crippen LogP contribution in [0.15, 0.2) is 6.07 Å². The molecule has 0 spiro atoms. The number of anilines is 1. The van der Waals surface area contributed by atoms with Crippen LogP contribution < -0.4 is 20.6 Å². The lowest BCUT2D eigenvalue weighted by Gasteiger charge is -2.37. The van der Waals surface area contributed by atoms with Crippen LogP contribution in [-0.2, 0) is 28.6 Å². The molecule has 1 rings (SSSR count). The van der Waals surface area contributed by atoms with Crippen molar-refractivity contribution in [1.82, 2.24) is 5.32 Å². The molecule has 40 heavy (non-hydrogen) atoms. The van der Waals surface area contributed by atoms with Gasteiger partial charge in [-0.15, -0.1) is 0 Å². The Morgan fingerprint density at radius 1 is 0.925 bits per heavy atom. The van der Waals surface area contributed by atoms with Crippen molar-refractivity contribution in [3.63, 3.8) is 0 Å². The van der Waals surface area contributed by atoms with Crippen LogP contribution in [0.2, 0.25) is 44.8 Å². The molecule has 0 aliphatic carbocycles. The molecule has 12 heteroatoms. The third kappa shape index (κ3) is 9.69. The quantitative estimate of drug-likeness (QED) is 0.163. The molecule has 0 bridgehead atoms. The number of benzene rings is 1. The summed E-state index contributed by atoms with van der Waals surface area (Å²) in [5.74, 6) is 0. The Morgan fingerprint density at radius 2 is 1.50 bits per heavy atom. The smallest absolute Gasteiger partial charge is 0.398 e. The largest absolute Gasteiger partial charge is 0.507 e. The Balaban J connectivity index is 3.34. The minimum atomic E-state index is -2.85. The Hall–Kier alpha value is -0.136. The third-order valence-electron chi connectivity index (χ3n) is 8.52. The average molecular weight is 647 g/mol. The van der Waals surface area contributed by atoms with Crippen LogP contribution in [0.1, 0.15) is 43.9 Å². The highest BCUT2D eigenvalue weighted by Gasteiger charge is 2.47. The lowest BCUT2D eigenvalue weighted by molar-refractivity contribution is 0.114. The Bertz CT molecular complexity index is 858. The maximum Gasteiger partial charge on any atom is 0.507 e. The molecule has 234 valence electrons. The van der Waals surface area contributed by atoms with Gasteiger partial charge in [-0.2, -0.15) is 0 Å². The van der Waals surface area contributed by atoms with Crippen molar-refractivity contribution in [2.24, 2.45) is 0 Å². The van der Waals surface area contributed by atoms with Gasteiger partial charge in [0.1, 0.15) is 0 Å². The van der Waals surface area contributed by atoms with E-state index in [4.69, 9.17) is 22.1 Å². The molecule has 0 heterocycles. The van der Waals surface area contributed by atoms with Crippen LogP contribution >= 0.6 is 0 Å². The number of hydrogen-bond acceptors (Lipinski definition) is 7.